The smallest absolute Gasteiger partial charge is 0.478 e. The van der Waals surface area contributed by atoms with Gasteiger partial charge >= 0.3 is 18.3 Å². The number of rotatable bonds is 8. The number of nitrogens with one attached hydrogen (secondary N) is 2. The third kappa shape index (κ3) is 8.71. The van der Waals surface area contributed by atoms with Crippen LogP contribution in [0.25, 0.3) is 0 Å². The number of hydrogen-bond acceptors (Lipinski definition) is 6. The van der Waals surface area contributed by atoms with E-state index in [1.54, 1.807) is 27.7 Å². The van der Waals surface area contributed by atoms with Crippen molar-refractivity contribution < 1.29 is 41.7 Å². The van der Waals surface area contributed by atoms with Crippen molar-refractivity contribution in [2.75, 3.05) is 11.9 Å². The molecule has 7 nitrogen and oxygen atoms in total. The van der Waals surface area contributed by atoms with Gasteiger partial charge in [-0.25, -0.2) is 9.18 Å². The molecule has 33 heavy (non-hydrogen) atoms. The van der Waals surface area contributed by atoms with Gasteiger partial charge in [-0.05, 0) is 71.4 Å². The average molecular weight is 478 g/mol. The number of alkyl halides is 3. The van der Waals surface area contributed by atoms with Crippen LogP contribution in [0.4, 0.5) is 23.2 Å². The van der Waals surface area contributed by atoms with Gasteiger partial charge in [0.1, 0.15) is 5.60 Å². The number of carbonyl (C=O) groups excluding carboxylic acids is 1. The number of carbonyl (C=O) groups is 2. The summed E-state index contributed by atoms with van der Waals surface area (Å²) >= 11 is 0. The van der Waals surface area contributed by atoms with E-state index in [0.29, 0.717) is 18.9 Å². The monoisotopic (exact) mass is 478 g/mol. The third-order valence-electron chi connectivity index (χ3n) is 5.33. The molecule has 1 aliphatic carbocycles. The SMILES string of the molecule is C[C@H](Nc1cc(C(=O)O)cc(F)c1OC(F)(F)F)C1CCC(NCC(=O)OC(C)(C)C)CC1. The summed E-state index contributed by atoms with van der Waals surface area (Å²) in [6.45, 7) is 7.18. The summed E-state index contributed by atoms with van der Waals surface area (Å²) in [7, 11) is 0. The maximum atomic E-state index is 14.2. The van der Waals surface area contributed by atoms with Gasteiger partial charge in [-0.2, -0.15) is 0 Å². The maximum absolute atomic E-state index is 14.2. The highest BCUT2D eigenvalue weighted by Gasteiger charge is 2.35. The Labute approximate surface area is 189 Å². The number of aromatic carboxylic acids is 1. The molecule has 1 aliphatic rings. The predicted molar refractivity (Wildman–Crippen MR) is 113 cm³/mol. The van der Waals surface area contributed by atoms with Gasteiger partial charge in [-0.3, -0.25) is 4.79 Å². The number of ether oxygens (including phenoxy) is 2. The zero-order valence-corrected chi connectivity index (χ0v) is 19.0. The van der Waals surface area contributed by atoms with Crippen molar-refractivity contribution in [3.63, 3.8) is 0 Å². The van der Waals surface area contributed by atoms with Gasteiger partial charge in [0, 0.05) is 12.1 Å². The molecule has 2 rings (SSSR count). The average Bonchev–Trinajstić information content (AvgIpc) is 2.67. The van der Waals surface area contributed by atoms with Gasteiger partial charge in [0.2, 0.25) is 0 Å². The van der Waals surface area contributed by atoms with Crippen molar-refractivity contribution in [3.05, 3.63) is 23.5 Å². The van der Waals surface area contributed by atoms with E-state index in [0.717, 1.165) is 18.9 Å². The lowest BCUT2D eigenvalue weighted by molar-refractivity contribution is -0.275. The Morgan fingerprint density at radius 2 is 1.76 bits per heavy atom. The summed E-state index contributed by atoms with van der Waals surface area (Å²) < 4.78 is 61.5. The molecule has 0 aliphatic heterocycles. The molecule has 0 radical (unpaired) electrons. The first-order valence-corrected chi connectivity index (χ1v) is 10.7. The highest BCUT2D eigenvalue weighted by atomic mass is 19.4. The van der Waals surface area contributed by atoms with E-state index < -0.39 is 35.1 Å². The summed E-state index contributed by atoms with van der Waals surface area (Å²) in [6, 6.07) is 1.13. The van der Waals surface area contributed by atoms with Crippen LogP contribution in [-0.2, 0) is 9.53 Å². The summed E-state index contributed by atoms with van der Waals surface area (Å²) in [5, 5.41) is 15.1. The first kappa shape index (κ1) is 26.7. The van der Waals surface area contributed by atoms with E-state index in [4.69, 9.17) is 9.84 Å². The molecule has 0 bridgehead atoms. The summed E-state index contributed by atoms with van der Waals surface area (Å²) in [5.74, 6) is -4.29. The fourth-order valence-electron chi connectivity index (χ4n) is 3.84. The molecule has 186 valence electrons. The Balaban J connectivity index is 1.99. The number of benzene rings is 1. The second kappa shape index (κ2) is 10.6. The minimum absolute atomic E-state index is 0.0415. The summed E-state index contributed by atoms with van der Waals surface area (Å²) in [6.07, 6.45) is -2.26. The van der Waals surface area contributed by atoms with Gasteiger partial charge < -0.3 is 25.2 Å². The Bertz CT molecular complexity index is 846. The van der Waals surface area contributed by atoms with Crippen LogP contribution in [0, 0.1) is 11.7 Å². The molecular weight excluding hydrogens is 448 g/mol. The largest absolute Gasteiger partial charge is 0.573 e. The first-order chi connectivity index (χ1) is 15.1. The first-order valence-electron chi connectivity index (χ1n) is 10.7. The lowest BCUT2D eigenvalue weighted by atomic mass is 9.82. The molecule has 11 heteroatoms. The molecule has 0 amide bonds. The number of anilines is 1. The third-order valence-corrected chi connectivity index (χ3v) is 5.33. The molecule has 0 saturated heterocycles. The van der Waals surface area contributed by atoms with Gasteiger partial charge in [-0.15, -0.1) is 13.2 Å². The predicted octanol–water partition coefficient (Wildman–Crippen LogP) is 4.71. The van der Waals surface area contributed by atoms with Gasteiger partial charge in [-0.1, -0.05) is 0 Å². The van der Waals surface area contributed by atoms with Crippen LogP contribution in [-0.4, -0.2) is 47.6 Å². The van der Waals surface area contributed by atoms with Crippen molar-refractivity contribution in [2.45, 2.75) is 77.4 Å². The molecule has 3 N–H and O–H groups in total. The minimum Gasteiger partial charge on any atom is -0.478 e. The highest BCUT2D eigenvalue weighted by Crippen LogP contribution is 2.36. The van der Waals surface area contributed by atoms with Crippen LogP contribution < -0.4 is 15.4 Å². The molecule has 0 unspecified atom stereocenters. The number of carboxylic acid groups (broad SMARTS) is 1. The molecule has 1 fully saturated rings. The van der Waals surface area contributed by atoms with E-state index in [1.807, 2.05) is 0 Å². The van der Waals surface area contributed by atoms with Crippen LogP contribution in [0.3, 0.4) is 0 Å². The maximum Gasteiger partial charge on any atom is 0.573 e. The Morgan fingerprint density at radius 1 is 1.15 bits per heavy atom. The topological polar surface area (TPSA) is 96.9 Å². The number of hydrogen-bond donors (Lipinski definition) is 3. The van der Waals surface area contributed by atoms with Crippen LogP contribution in [0.2, 0.25) is 0 Å². The second-order valence-electron chi connectivity index (χ2n) is 9.20. The van der Waals surface area contributed by atoms with Gasteiger partial charge in [0.25, 0.3) is 0 Å². The van der Waals surface area contributed by atoms with Crippen LogP contribution in [0.5, 0.6) is 5.75 Å². The van der Waals surface area contributed by atoms with E-state index in [2.05, 4.69) is 15.4 Å². The number of halogens is 4. The molecular formula is C22H30F4N2O5. The van der Waals surface area contributed by atoms with Crippen LogP contribution in [0.1, 0.15) is 63.7 Å². The fourth-order valence-corrected chi connectivity index (χ4v) is 3.84. The van der Waals surface area contributed by atoms with Crippen LogP contribution >= 0.6 is 0 Å². The van der Waals surface area contributed by atoms with Crippen LogP contribution in [0.15, 0.2) is 12.1 Å². The standard InChI is InChI=1S/C22H30F4N2O5/c1-12(13-5-7-15(8-6-13)27-11-18(29)32-21(2,3)4)28-17-10-14(20(30)31)9-16(23)19(17)33-22(24,25)26/h9-10,12-13,15,27-28H,5-8,11H2,1-4H3,(H,30,31)/t12-,13?,15?/m0/s1. The lowest BCUT2D eigenvalue weighted by Gasteiger charge is -2.34. The summed E-state index contributed by atoms with van der Waals surface area (Å²) in [5.41, 5.74) is -1.43. The van der Waals surface area contributed by atoms with Gasteiger partial charge in [0.05, 0.1) is 17.8 Å². The molecule has 1 aromatic rings. The van der Waals surface area contributed by atoms with E-state index in [1.165, 1.54) is 0 Å². The minimum atomic E-state index is -5.14. The van der Waals surface area contributed by atoms with E-state index >= 15 is 0 Å². The van der Waals surface area contributed by atoms with E-state index in [-0.39, 0.29) is 36.2 Å². The van der Waals surface area contributed by atoms with E-state index in [9.17, 15) is 27.2 Å². The Morgan fingerprint density at radius 3 is 2.27 bits per heavy atom. The van der Waals surface area contributed by atoms with Crippen molar-refractivity contribution in [1.82, 2.24) is 5.32 Å². The molecule has 1 saturated carbocycles. The van der Waals surface area contributed by atoms with Crippen molar-refractivity contribution >= 4 is 17.6 Å². The fraction of sp³-hybridized carbons (Fsp3) is 0.636. The zero-order valence-electron chi connectivity index (χ0n) is 19.0. The Kier molecular flexibility index (Phi) is 8.56. The number of carboxylic acids is 1. The normalized spacial score (nSPS) is 20.1. The van der Waals surface area contributed by atoms with Crippen molar-refractivity contribution in [2.24, 2.45) is 5.92 Å². The zero-order chi connectivity index (χ0) is 25.0. The lowest BCUT2D eigenvalue weighted by Crippen LogP contribution is -2.41. The molecule has 0 spiro atoms. The molecule has 0 aromatic heterocycles. The quantitative estimate of drug-likeness (QED) is 0.368. The number of esters is 1. The van der Waals surface area contributed by atoms with Crippen molar-refractivity contribution in [3.8, 4) is 5.75 Å². The molecule has 1 atom stereocenters. The second-order valence-corrected chi connectivity index (χ2v) is 9.20. The highest BCUT2D eigenvalue weighted by molar-refractivity contribution is 5.89. The van der Waals surface area contributed by atoms with Crippen molar-refractivity contribution in [1.29, 1.82) is 0 Å². The molecule has 0 heterocycles. The molecule has 1 aromatic carbocycles. The Hall–Kier alpha value is -2.56. The summed E-state index contributed by atoms with van der Waals surface area (Å²) in [4.78, 5) is 23.1. The van der Waals surface area contributed by atoms with Gasteiger partial charge in [0.15, 0.2) is 11.6 Å².